The Kier molecular flexibility index (Phi) is 5.66. The van der Waals surface area contributed by atoms with Crippen molar-refractivity contribution in [2.24, 2.45) is 5.84 Å². The van der Waals surface area contributed by atoms with Crippen LogP contribution in [-0.2, 0) is 0 Å². The van der Waals surface area contributed by atoms with E-state index in [2.05, 4.69) is 15.6 Å². The molecule has 8 heteroatoms. The lowest BCUT2D eigenvalue weighted by atomic mass is 10.0. The molecule has 0 aliphatic rings. The molecule has 3 amide bonds. The maximum Gasteiger partial charge on any atom is 0.323 e. The Morgan fingerprint density at radius 1 is 1.03 bits per heavy atom. The van der Waals surface area contributed by atoms with Crippen LogP contribution >= 0.6 is 11.3 Å². The van der Waals surface area contributed by atoms with Gasteiger partial charge in [0, 0.05) is 41.8 Å². The van der Waals surface area contributed by atoms with Crippen LogP contribution in [0.1, 0.15) is 15.9 Å². The van der Waals surface area contributed by atoms with Gasteiger partial charge in [-0.2, -0.15) is 0 Å². The largest absolute Gasteiger partial charge is 0.323 e. The van der Waals surface area contributed by atoms with Crippen LogP contribution in [0, 0.1) is 6.92 Å². The first kappa shape index (κ1) is 20.5. The quantitative estimate of drug-likeness (QED) is 0.244. The molecular weight excluding hydrogens is 410 g/mol. The molecule has 31 heavy (non-hydrogen) atoms. The minimum absolute atomic E-state index is 0.286. The van der Waals surface area contributed by atoms with Gasteiger partial charge in [-0.15, -0.1) is 11.3 Å². The van der Waals surface area contributed by atoms with Crippen LogP contribution in [0.25, 0.3) is 21.2 Å². The van der Waals surface area contributed by atoms with E-state index in [4.69, 9.17) is 5.84 Å². The van der Waals surface area contributed by atoms with E-state index in [1.165, 1.54) is 24.6 Å². The summed E-state index contributed by atoms with van der Waals surface area (Å²) >= 11 is 1.48. The van der Waals surface area contributed by atoms with Crippen LogP contribution in [0.4, 0.5) is 16.2 Å². The van der Waals surface area contributed by atoms with Gasteiger partial charge in [-0.05, 0) is 47.7 Å². The van der Waals surface area contributed by atoms with Crippen LogP contribution in [0.3, 0.4) is 0 Å². The van der Waals surface area contributed by atoms with Crippen molar-refractivity contribution >= 4 is 44.7 Å². The minimum Gasteiger partial charge on any atom is -0.308 e. The molecule has 0 fully saturated rings. The number of pyridine rings is 1. The number of fused-ring (bicyclic) bond motifs is 1. The lowest BCUT2D eigenvalue weighted by Gasteiger charge is -2.10. The first-order valence-corrected chi connectivity index (χ1v) is 10.4. The lowest BCUT2D eigenvalue weighted by Crippen LogP contribution is -2.33. The van der Waals surface area contributed by atoms with Gasteiger partial charge in [-0.1, -0.05) is 24.3 Å². The highest BCUT2D eigenvalue weighted by Crippen LogP contribution is 2.36. The van der Waals surface area contributed by atoms with Gasteiger partial charge in [0.25, 0.3) is 5.91 Å². The van der Waals surface area contributed by atoms with Gasteiger partial charge in [0.05, 0.1) is 10.3 Å². The minimum atomic E-state index is -0.308. The number of carbonyl (C=O) groups is 2. The molecule has 0 atom stereocenters. The standard InChI is InChI=1S/C23H21N5O2S/c1-14-4-3-5-17(10-14)27-23(30)26-16-8-6-15(7-9-16)20-13-31-21-18(20)11-25-12-19(21)22(29)28(2)24/h3-13H,24H2,1-2H3,(H2,26,27,30). The van der Waals surface area contributed by atoms with E-state index >= 15 is 0 Å². The second-order valence-corrected chi connectivity index (χ2v) is 8.03. The van der Waals surface area contributed by atoms with E-state index in [-0.39, 0.29) is 11.9 Å². The van der Waals surface area contributed by atoms with Gasteiger partial charge >= 0.3 is 6.03 Å². The van der Waals surface area contributed by atoms with E-state index in [0.29, 0.717) is 11.3 Å². The topological polar surface area (TPSA) is 100 Å². The number of carbonyl (C=O) groups excluding carboxylic acids is 2. The summed E-state index contributed by atoms with van der Waals surface area (Å²) in [5, 5.41) is 9.58. The highest BCUT2D eigenvalue weighted by Gasteiger charge is 2.17. The number of aromatic nitrogens is 1. The van der Waals surface area contributed by atoms with Crippen LogP contribution in [0.5, 0.6) is 0 Å². The molecule has 0 saturated carbocycles. The molecule has 0 saturated heterocycles. The van der Waals surface area contributed by atoms with E-state index in [1.54, 1.807) is 6.20 Å². The summed E-state index contributed by atoms with van der Waals surface area (Å²) in [7, 11) is 1.51. The number of hydrazine groups is 1. The first-order chi connectivity index (χ1) is 14.9. The van der Waals surface area contributed by atoms with Crippen molar-refractivity contribution in [2.75, 3.05) is 17.7 Å². The summed E-state index contributed by atoms with van der Waals surface area (Å²) in [6.07, 6.45) is 3.28. The van der Waals surface area contributed by atoms with Crippen molar-refractivity contribution in [3.63, 3.8) is 0 Å². The zero-order chi connectivity index (χ0) is 22.0. The number of benzene rings is 2. The SMILES string of the molecule is Cc1cccc(NC(=O)Nc2ccc(-c3csc4c(C(=O)N(C)N)cncc34)cc2)c1. The molecule has 2 aromatic carbocycles. The van der Waals surface area contributed by atoms with Crippen molar-refractivity contribution < 1.29 is 9.59 Å². The van der Waals surface area contributed by atoms with Gasteiger partial charge in [0.1, 0.15) is 0 Å². The summed E-state index contributed by atoms with van der Waals surface area (Å²) in [4.78, 5) is 28.8. The van der Waals surface area contributed by atoms with Gasteiger partial charge in [0.2, 0.25) is 0 Å². The zero-order valence-electron chi connectivity index (χ0n) is 17.0. The number of nitrogens with zero attached hydrogens (tertiary/aromatic N) is 2. The van der Waals surface area contributed by atoms with Gasteiger partial charge in [-0.3, -0.25) is 14.8 Å². The summed E-state index contributed by atoms with van der Waals surface area (Å²) in [5.41, 5.74) is 4.89. The molecule has 0 radical (unpaired) electrons. The van der Waals surface area contributed by atoms with E-state index in [0.717, 1.165) is 37.5 Å². The number of nitrogens with two attached hydrogens (primary N) is 1. The fourth-order valence-corrected chi connectivity index (χ4v) is 4.32. The van der Waals surface area contributed by atoms with E-state index < -0.39 is 0 Å². The molecule has 0 bridgehead atoms. The van der Waals surface area contributed by atoms with Crippen molar-refractivity contribution in [1.29, 1.82) is 0 Å². The molecule has 7 nitrogen and oxygen atoms in total. The molecule has 0 aliphatic carbocycles. The average Bonchev–Trinajstić information content (AvgIpc) is 3.18. The number of hydrogen-bond donors (Lipinski definition) is 3. The number of hydrogen-bond acceptors (Lipinski definition) is 5. The molecule has 0 aliphatic heterocycles. The monoisotopic (exact) mass is 431 g/mol. The molecule has 4 rings (SSSR count). The predicted molar refractivity (Wildman–Crippen MR) is 125 cm³/mol. The Labute approximate surface area is 183 Å². The van der Waals surface area contributed by atoms with Crippen molar-refractivity contribution in [3.8, 4) is 11.1 Å². The normalized spacial score (nSPS) is 10.7. The Hall–Kier alpha value is -3.75. The summed E-state index contributed by atoms with van der Waals surface area (Å²) in [5.74, 6) is 5.32. The van der Waals surface area contributed by atoms with Gasteiger partial charge in [0.15, 0.2) is 0 Å². The van der Waals surface area contributed by atoms with Crippen molar-refractivity contribution in [2.45, 2.75) is 6.92 Å². The average molecular weight is 432 g/mol. The highest BCUT2D eigenvalue weighted by atomic mass is 32.1. The Morgan fingerprint density at radius 2 is 1.77 bits per heavy atom. The van der Waals surface area contributed by atoms with Crippen LogP contribution in [0.2, 0.25) is 0 Å². The van der Waals surface area contributed by atoms with Crippen molar-refractivity contribution in [3.05, 3.63) is 77.4 Å². The zero-order valence-corrected chi connectivity index (χ0v) is 17.9. The second-order valence-electron chi connectivity index (χ2n) is 7.16. The summed E-state index contributed by atoms with van der Waals surface area (Å²) in [6.45, 7) is 1.97. The summed E-state index contributed by atoms with van der Waals surface area (Å²) in [6, 6.07) is 14.8. The number of aryl methyl sites for hydroxylation is 1. The smallest absolute Gasteiger partial charge is 0.308 e. The van der Waals surface area contributed by atoms with E-state index in [1.807, 2.05) is 60.8 Å². The third-order valence-electron chi connectivity index (χ3n) is 4.76. The number of nitrogens with one attached hydrogen (secondary N) is 2. The number of rotatable bonds is 4. The molecule has 4 aromatic rings. The second kappa shape index (κ2) is 8.55. The maximum atomic E-state index is 12.3. The van der Waals surface area contributed by atoms with E-state index in [9.17, 15) is 9.59 Å². The molecule has 2 heterocycles. The third kappa shape index (κ3) is 4.40. The number of anilines is 2. The molecule has 0 spiro atoms. The fourth-order valence-electron chi connectivity index (χ4n) is 3.26. The maximum absolute atomic E-state index is 12.3. The highest BCUT2D eigenvalue weighted by molar-refractivity contribution is 7.18. The van der Waals surface area contributed by atoms with Crippen LogP contribution in [-0.4, -0.2) is 29.0 Å². The lowest BCUT2D eigenvalue weighted by molar-refractivity contribution is 0.0797. The van der Waals surface area contributed by atoms with Crippen molar-refractivity contribution in [1.82, 2.24) is 9.99 Å². The fraction of sp³-hybridized carbons (Fsp3) is 0.0870. The Balaban J connectivity index is 1.53. The number of amides is 3. The Bertz CT molecular complexity index is 1260. The first-order valence-electron chi connectivity index (χ1n) is 9.55. The summed E-state index contributed by atoms with van der Waals surface area (Å²) < 4.78 is 0.840. The van der Waals surface area contributed by atoms with Crippen LogP contribution in [0.15, 0.2) is 66.3 Å². The Morgan fingerprint density at radius 3 is 2.48 bits per heavy atom. The third-order valence-corrected chi connectivity index (χ3v) is 5.79. The van der Waals surface area contributed by atoms with Gasteiger partial charge < -0.3 is 10.6 Å². The number of urea groups is 1. The number of thiophene rings is 1. The molecule has 4 N–H and O–H groups in total. The molecular formula is C23H21N5O2S. The molecule has 2 aromatic heterocycles. The predicted octanol–water partition coefficient (Wildman–Crippen LogP) is 4.86. The molecule has 0 unspecified atom stereocenters. The van der Waals surface area contributed by atoms with Crippen LogP contribution < -0.4 is 16.5 Å². The van der Waals surface area contributed by atoms with Gasteiger partial charge in [-0.25, -0.2) is 10.6 Å². The molecule has 156 valence electrons.